The normalized spacial score (nSPS) is 26.1. The number of hydrogen-bond acceptors (Lipinski definition) is 3. The molecule has 0 spiro atoms. The molecule has 1 amide bonds. The standard InChI is InChI=1S/C32H41N3O2/c1-4-34(5-2)31(36)26-9-12-29-28(17-26)33-30(16-22-7-10-27(11-8-22)37-6-3)35(29)21-32-18-23-13-24(19-32)15-25(14-23)20-32/h7-12,17,23-25H,4-6,13-16,18-21H2,1-3H3. The number of aromatic nitrogens is 2. The Hall–Kier alpha value is -2.82. The van der Waals surface area contributed by atoms with Crippen molar-refractivity contribution in [3.63, 3.8) is 0 Å². The first kappa shape index (κ1) is 24.5. The number of benzene rings is 2. The molecule has 4 aliphatic carbocycles. The summed E-state index contributed by atoms with van der Waals surface area (Å²) < 4.78 is 8.18. The zero-order valence-electron chi connectivity index (χ0n) is 22.7. The second-order valence-corrected chi connectivity index (χ2v) is 12.0. The van der Waals surface area contributed by atoms with Crippen molar-refractivity contribution in [2.24, 2.45) is 23.2 Å². The Morgan fingerprint density at radius 3 is 2.22 bits per heavy atom. The van der Waals surface area contributed by atoms with Crippen LogP contribution in [0, 0.1) is 23.2 Å². The zero-order chi connectivity index (χ0) is 25.6. The number of imidazole rings is 1. The van der Waals surface area contributed by atoms with Crippen LogP contribution in [0.5, 0.6) is 5.75 Å². The van der Waals surface area contributed by atoms with E-state index in [0.29, 0.717) is 12.0 Å². The van der Waals surface area contributed by atoms with Gasteiger partial charge < -0.3 is 14.2 Å². The first-order chi connectivity index (χ1) is 18.0. The highest BCUT2D eigenvalue weighted by molar-refractivity contribution is 5.97. The van der Waals surface area contributed by atoms with Gasteiger partial charge in [0.15, 0.2) is 0 Å². The predicted octanol–water partition coefficient (Wildman–Crippen LogP) is 6.72. The third-order valence-corrected chi connectivity index (χ3v) is 9.38. The van der Waals surface area contributed by atoms with Crippen molar-refractivity contribution in [2.75, 3.05) is 19.7 Å². The van der Waals surface area contributed by atoms with Crippen molar-refractivity contribution in [3.8, 4) is 5.75 Å². The first-order valence-corrected chi connectivity index (χ1v) is 14.5. The van der Waals surface area contributed by atoms with Gasteiger partial charge in [0.05, 0.1) is 17.6 Å². The van der Waals surface area contributed by atoms with Crippen LogP contribution >= 0.6 is 0 Å². The van der Waals surface area contributed by atoms with E-state index in [2.05, 4.69) is 34.9 Å². The van der Waals surface area contributed by atoms with E-state index in [1.807, 2.05) is 37.8 Å². The summed E-state index contributed by atoms with van der Waals surface area (Å²) in [6.07, 6.45) is 9.28. The molecule has 196 valence electrons. The highest BCUT2D eigenvalue weighted by Gasteiger charge is 2.51. The SMILES string of the molecule is CCOc1ccc(Cc2nc3cc(C(=O)N(CC)CC)ccc3n2CC23CC4CC(CC(C4)C2)C3)cc1. The van der Waals surface area contributed by atoms with Gasteiger partial charge in [0, 0.05) is 31.6 Å². The number of carbonyl (C=O) groups excluding carboxylic acids is 1. The van der Waals surface area contributed by atoms with Crippen LogP contribution in [-0.4, -0.2) is 40.1 Å². The van der Waals surface area contributed by atoms with Gasteiger partial charge >= 0.3 is 0 Å². The largest absolute Gasteiger partial charge is 0.494 e. The van der Waals surface area contributed by atoms with Crippen molar-refractivity contribution in [1.82, 2.24) is 14.5 Å². The van der Waals surface area contributed by atoms with Crippen LogP contribution in [0.2, 0.25) is 0 Å². The number of nitrogens with zero attached hydrogens (tertiary/aromatic N) is 3. The van der Waals surface area contributed by atoms with E-state index in [-0.39, 0.29) is 5.91 Å². The fourth-order valence-electron chi connectivity index (χ4n) is 8.19. The zero-order valence-corrected chi connectivity index (χ0v) is 22.7. The molecule has 3 aromatic rings. The van der Waals surface area contributed by atoms with E-state index >= 15 is 0 Å². The van der Waals surface area contributed by atoms with Gasteiger partial charge in [-0.15, -0.1) is 0 Å². The Morgan fingerprint density at radius 1 is 0.973 bits per heavy atom. The number of fused-ring (bicyclic) bond motifs is 1. The summed E-state index contributed by atoms with van der Waals surface area (Å²) in [7, 11) is 0. The molecular formula is C32H41N3O2. The predicted molar refractivity (Wildman–Crippen MR) is 148 cm³/mol. The number of ether oxygens (including phenoxy) is 1. The summed E-state index contributed by atoms with van der Waals surface area (Å²) in [5.74, 6) is 4.89. The third-order valence-electron chi connectivity index (χ3n) is 9.38. The van der Waals surface area contributed by atoms with E-state index in [0.717, 1.165) is 66.5 Å². The van der Waals surface area contributed by atoms with Gasteiger partial charge in [0.1, 0.15) is 11.6 Å². The maximum Gasteiger partial charge on any atom is 0.253 e. The average molecular weight is 500 g/mol. The molecule has 1 heterocycles. The molecule has 5 heteroatoms. The highest BCUT2D eigenvalue weighted by Crippen LogP contribution is 2.60. The Kier molecular flexibility index (Phi) is 6.50. The van der Waals surface area contributed by atoms with Crippen LogP contribution in [0.15, 0.2) is 42.5 Å². The molecule has 0 unspecified atom stereocenters. The molecule has 0 radical (unpaired) electrons. The molecule has 0 aliphatic heterocycles. The molecule has 0 N–H and O–H groups in total. The van der Waals surface area contributed by atoms with Crippen LogP contribution in [-0.2, 0) is 13.0 Å². The van der Waals surface area contributed by atoms with Crippen molar-refractivity contribution in [3.05, 3.63) is 59.4 Å². The van der Waals surface area contributed by atoms with Gasteiger partial charge in [-0.1, -0.05) is 12.1 Å². The topological polar surface area (TPSA) is 47.4 Å². The summed E-state index contributed by atoms with van der Waals surface area (Å²) >= 11 is 0. The minimum absolute atomic E-state index is 0.0931. The maximum atomic E-state index is 13.1. The minimum atomic E-state index is 0.0931. The van der Waals surface area contributed by atoms with Gasteiger partial charge in [-0.2, -0.15) is 0 Å². The summed E-state index contributed by atoms with van der Waals surface area (Å²) in [5, 5.41) is 0. The highest BCUT2D eigenvalue weighted by atomic mass is 16.5. The average Bonchev–Trinajstić information content (AvgIpc) is 3.20. The molecular weight excluding hydrogens is 458 g/mol. The Labute approximate surface area is 221 Å². The lowest BCUT2D eigenvalue weighted by molar-refractivity contribution is -0.0616. The molecule has 4 aliphatic rings. The second kappa shape index (κ2) is 9.81. The fraction of sp³-hybridized carbons (Fsp3) is 0.562. The number of hydrogen-bond donors (Lipinski definition) is 0. The Morgan fingerprint density at radius 2 is 1.62 bits per heavy atom. The third kappa shape index (κ3) is 4.66. The lowest BCUT2D eigenvalue weighted by Gasteiger charge is -2.57. The molecule has 37 heavy (non-hydrogen) atoms. The summed E-state index contributed by atoms with van der Waals surface area (Å²) in [4.78, 5) is 20.2. The first-order valence-electron chi connectivity index (χ1n) is 14.5. The van der Waals surface area contributed by atoms with E-state index < -0.39 is 0 Å². The lowest BCUT2D eigenvalue weighted by Crippen LogP contribution is -2.48. The van der Waals surface area contributed by atoms with E-state index in [1.54, 1.807) is 0 Å². The van der Waals surface area contributed by atoms with Gasteiger partial charge in [0.25, 0.3) is 5.91 Å². The molecule has 4 saturated carbocycles. The van der Waals surface area contributed by atoms with Gasteiger partial charge in [-0.25, -0.2) is 4.98 Å². The minimum Gasteiger partial charge on any atom is -0.494 e. The number of rotatable bonds is 9. The molecule has 1 aromatic heterocycles. The van der Waals surface area contributed by atoms with Crippen LogP contribution < -0.4 is 4.74 Å². The number of carbonyl (C=O) groups is 1. The van der Waals surface area contributed by atoms with Crippen LogP contribution in [0.25, 0.3) is 11.0 Å². The smallest absolute Gasteiger partial charge is 0.253 e. The summed E-state index contributed by atoms with van der Waals surface area (Å²) in [6, 6.07) is 14.6. The Bertz CT molecular complexity index is 1240. The lowest BCUT2D eigenvalue weighted by atomic mass is 9.49. The van der Waals surface area contributed by atoms with E-state index in [1.165, 1.54) is 49.6 Å². The molecule has 5 nitrogen and oxygen atoms in total. The molecule has 0 atom stereocenters. The van der Waals surface area contributed by atoms with Crippen molar-refractivity contribution in [1.29, 1.82) is 0 Å². The molecule has 2 aromatic carbocycles. The van der Waals surface area contributed by atoms with Crippen molar-refractivity contribution < 1.29 is 9.53 Å². The molecule has 4 fully saturated rings. The Balaban J connectivity index is 1.37. The van der Waals surface area contributed by atoms with Crippen LogP contribution in [0.1, 0.15) is 81.0 Å². The van der Waals surface area contributed by atoms with Crippen LogP contribution in [0.4, 0.5) is 0 Å². The monoisotopic (exact) mass is 499 g/mol. The second-order valence-electron chi connectivity index (χ2n) is 12.0. The van der Waals surface area contributed by atoms with Gasteiger partial charge in [0.2, 0.25) is 0 Å². The van der Waals surface area contributed by atoms with Crippen molar-refractivity contribution in [2.45, 2.75) is 72.3 Å². The fourth-order valence-corrected chi connectivity index (χ4v) is 8.19. The summed E-state index contributed by atoms with van der Waals surface area (Å²) in [6.45, 7) is 9.26. The summed E-state index contributed by atoms with van der Waals surface area (Å²) in [5.41, 5.74) is 4.51. The number of amides is 1. The molecule has 4 bridgehead atoms. The van der Waals surface area contributed by atoms with E-state index in [4.69, 9.17) is 9.72 Å². The van der Waals surface area contributed by atoms with Gasteiger partial charge in [-0.05, 0) is 118 Å². The quantitative estimate of drug-likeness (QED) is 0.328. The van der Waals surface area contributed by atoms with Gasteiger partial charge in [-0.3, -0.25) is 4.79 Å². The van der Waals surface area contributed by atoms with Crippen molar-refractivity contribution >= 4 is 16.9 Å². The molecule has 7 rings (SSSR count). The maximum absolute atomic E-state index is 13.1. The molecule has 0 saturated heterocycles. The van der Waals surface area contributed by atoms with Crippen LogP contribution in [0.3, 0.4) is 0 Å². The van der Waals surface area contributed by atoms with E-state index in [9.17, 15) is 4.79 Å².